The summed E-state index contributed by atoms with van der Waals surface area (Å²) >= 11 is 0. The Morgan fingerprint density at radius 2 is 2.22 bits per heavy atom. The average molecular weight is 124 g/mol. The van der Waals surface area contributed by atoms with Gasteiger partial charge in [0.05, 0.1) is 0 Å². The van der Waals surface area contributed by atoms with Crippen LogP contribution in [0.4, 0.5) is 0 Å². The number of piperidine rings is 1. The normalized spacial score (nSPS) is 41.9. The lowest BCUT2D eigenvalue weighted by Crippen LogP contribution is -2.49. The van der Waals surface area contributed by atoms with Gasteiger partial charge in [-0.05, 0) is 18.8 Å². The minimum absolute atomic E-state index is 0.551. The molecular weight excluding hydrogens is 112 g/mol. The van der Waals surface area contributed by atoms with Gasteiger partial charge in [0.15, 0.2) is 0 Å². The van der Waals surface area contributed by atoms with Crippen LogP contribution in [0.2, 0.25) is 0 Å². The van der Waals surface area contributed by atoms with Crippen molar-refractivity contribution in [3.63, 3.8) is 0 Å². The first kappa shape index (κ1) is 5.45. The first-order valence-corrected chi connectivity index (χ1v) is 3.56. The lowest BCUT2D eigenvalue weighted by molar-refractivity contribution is 0.139. The minimum Gasteiger partial charge on any atom is -0.268 e. The highest BCUT2D eigenvalue weighted by molar-refractivity contribution is 5.06. The maximum Gasteiger partial charge on any atom is 0.0421 e. The number of rotatable bonds is 0. The van der Waals surface area contributed by atoms with E-state index in [9.17, 15) is 0 Å². The van der Waals surface area contributed by atoms with Gasteiger partial charge in [0.1, 0.15) is 0 Å². The molecule has 0 aromatic carbocycles. The molecule has 3 rings (SSSR count). The van der Waals surface area contributed by atoms with Crippen molar-refractivity contribution in [2.75, 3.05) is 6.54 Å². The number of nitrogens with zero attached hydrogens (tertiary/aromatic N) is 1. The highest BCUT2D eigenvalue weighted by Gasteiger charge is 2.26. The average Bonchev–Trinajstić information content (AvgIpc) is 1.90. The van der Waals surface area contributed by atoms with Crippen molar-refractivity contribution in [1.82, 2.24) is 5.01 Å². The largest absolute Gasteiger partial charge is 0.268 e. The van der Waals surface area contributed by atoms with Crippen LogP contribution in [0.25, 0.3) is 0 Å². The van der Waals surface area contributed by atoms with Crippen LogP contribution < -0.4 is 5.84 Å². The Morgan fingerprint density at radius 3 is 2.44 bits per heavy atom. The van der Waals surface area contributed by atoms with Crippen molar-refractivity contribution in [1.29, 1.82) is 0 Å². The summed E-state index contributed by atoms with van der Waals surface area (Å²) in [4.78, 5) is 0. The first-order valence-electron chi connectivity index (χ1n) is 3.56. The maximum atomic E-state index is 5.70. The number of nitrogens with two attached hydrogens (primary N) is 1. The quantitative estimate of drug-likeness (QED) is 0.376. The Morgan fingerprint density at radius 1 is 1.33 bits per heavy atom. The number of hydrogen-bond donors (Lipinski definition) is 1. The van der Waals surface area contributed by atoms with Crippen molar-refractivity contribution in [2.45, 2.75) is 18.9 Å². The fourth-order valence-electron chi connectivity index (χ4n) is 1.70. The molecule has 0 saturated carbocycles. The topological polar surface area (TPSA) is 29.3 Å². The van der Waals surface area contributed by atoms with Gasteiger partial charge < -0.3 is 0 Å². The van der Waals surface area contributed by atoms with Gasteiger partial charge in [-0.15, -0.1) is 0 Å². The van der Waals surface area contributed by atoms with Gasteiger partial charge in [-0.2, -0.15) is 0 Å². The van der Waals surface area contributed by atoms with E-state index in [1.165, 1.54) is 12.8 Å². The Hall–Kier alpha value is -0.340. The SMILES string of the molecule is NN1CC2C=CC1CC2. The molecule has 50 valence electrons. The maximum absolute atomic E-state index is 5.70. The number of hydrazine groups is 1. The highest BCUT2D eigenvalue weighted by Crippen LogP contribution is 2.26. The molecule has 1 saturated heterocycles. The monoisotopic (exact) mass is 124 g/mol. The van der Waals surface area contributed by atoms with E-state index in [1.807, 2.05) is 5.01 Å². The lowest BCUT2D eigenvalue weighted by atomic mass is 9.87. The highest BCUT2D eigenvalue weighted by atomic mass is 15.4. The zero-order chi connectivity index (χ0) is 6.27. The van der Waals surface area contributed by atoms with Crippen molar-refractivity contribution in [3.05, 3.63) is 12.2 Å². The van der Waals surface area contributed by atoms with Crippen molar-refractivity contribution < 1.29 is 0 Å². The fourth-order valence-corrected chi connectivity index (χ4v) is 1.70. The van der Waals surface area contributed by atoms with Crippen LogP contribution in [0.1, 0.15) is 12.8 Å². The van der Waals surface area contributed by atoms with E-state index in [-0.39, 0.29) is 0 Å². The molecule has 0 aromatic heterocycles. The summed E-state index contributed by atoms with van der Waals surface area (Å²) in [6.45, 7) is 1.07. The predicted octanol–water partition coefficient (Wildman–Crippen LogP) is 0.510. The molecular formula is C7H12N2. The molecule has 2 heterocycles. The Bertz CT molecular complexity index is 142. The molecule has 2 nitrogen and oxygen atoms in total. The molecule has 1 fully saturated rings. The van der Waals surface area contributed by atoms with Gasteiger partial charge >= 0.3 is 0 Å². The molecule has 2 atom stereocenters. The zero-order valence-electron chi connectivity index (χ0n) is 5.46. The summed E-state index contributed by atoms with van der Waals surface area (Å²) in [5.74, 6) is 6.45. The van der Waals surface area contributed by atoms with Crippen LogP contribution in [0, 0.1) is 5.92 Å². The number of fused-ring (bicyclic) bond motifs is 2. The number of hydrogen-bond acceptors (Lipinski definition) is 2. The van der Waals surface area contributed by atoms with Gasteiger partial charge in [-0.3, -0.25) is 5.84 Å². The minimum atomic E-state index is 0.551. The van der Waals surface area contributed by atoms with E-state index in [0.717, 1.165) is 12.5 Å². The Balaban J connectivity index is 2.20. The van der Waals surface area contributed by atoms with Crippen molar-refractivity contribution in [2.24, 2.45) is 11.8 Å². The summed E-state index contributed by atoms with van der Waals surface area (Å²) in [6.07, 6.45) is 7.14. The molecule has 2 unspecified atom stereocenters. The van der Waals surface area contributed by atoms with Crippen LogP contribution in [-0.4, -0.2) is 17.6 Å². The third-order valence-electron chi connectivity index (χ3n) is 2.31. The van der Waals surface area contributed by atoms with E-state index < -0.39 is 0 Å². The molecule has 2 aliphatic heterocycles. The molecule has 0 radical (unpaired) electrons. The second-order valence-corrected chi connectivity index (χ2v) is 2.99. The zero-order valence-corrected chi connectivity index (χ0v) is 5.46. The van der Waals surface area contributed by atoms with E-state index in [4.69, 9.17) is 5.84 Å². The van der Waals surface area contributed by atoms with E-state index >= 15 is 0 Å². The summed E-state index contributed by atoms with van der Waals surface area (Å²) in [7, 11) is 0. The second kappa shape index (κ2) is 1.82. The van der Waals surface area contributed by atoms with Gasteiger partial charge in [0, 0.05) is 12.6 Å². The predicted molar refractivity (Wildman–Crippen MR) is 36.5 cm³/mol. The molecule has 0 amide bonds. The van der Waals surface area contributed by atoms with Gasteiger partial charge in [0.25, 0.3) is 0 Å². The van der Waals surface area contributed by atoms with Gasteiger partial charge in [0.2, 0.25) is 0 Å². The second-order valence-electron chi connectivity index (χ2n) is 2.99. The lowest BCUT2D eigenvalue weighted by Gasteiger charge is -2.38. The summed E-state index contributed by atoms with van der Waals surface area (Å²) in [5.41, 5.74) is 0. The first-order chi connectivity index (χ1) is 4.36. The van der Waals surface area contributed by atoms with Crippen LogP contribution in [0.5, 0.6) is 0 Å². The van der Waals surface area contributed by atoms with Crippen molar-refractivity contribution in [3.8, 4) is 0 Å². The van der Waals surface area contributed by atoms with Crippen LogP contribution in [0.15, 0.2) is 12.2 Å². The van der Waals surface area contributed by atoms with Gasteiger partial charge in [-0.25, -0.2) is 5.01 Å². The standard InChI is InChI=1S/C7H12N2/c8-9-5-6-1-3-7(9)4-2-6/h1,3,6-7H,2,4-5,8H2. The molecule has 9 heavy (non-hydrogen) atoms. The molecule has 0 aromatic rings. The fraction of sp³-hybridized carbons (Fsp3) is 0.714. The molecule has 3 aliphatic rings. The van der Waals surface area contributed by atoms with E-state index in [0.29, 0.717) is 6.04 Å². The Kier molecular flexibility index (Phi) is 1.10. The molecule has 2 bridgehead atoms. The third-order valence-corrected chi connectivity index (χ3v) is 2.31. The Labute approximate surface area is 55.3 Å². The van der Waals surface area contributed by atoms with Gasteiger partial charge in [-0.1, -0.05) is 12.2 Å². The van der Waals surface area contributed by atoms with Crippen LogP contribution in [0.3, 0.4) is 0 Å². The summed E-state index contributed by atoms with van der Waals surface area (Å²) in [5, 5.41) is 1.95. The molecule has 2 heteroatoms. The third kappa shape index (κ3) is 0.787. The molecule has 0 spiro atoms. The summed E-state index contributed by atoms with van der Waals surface area (Å²) in [6, 6.07) is 0.551. The summed E-state index contributed by atoms with van der Waals surface area (Å²) < 4.78 is 0. The van der Waals surface area contributed by atoms with Crippen LogP contribution >= 0.6 is 0 Å². The van der Waals surface area contributed by atoms with Crippen molar-refractivity contribution >= 4 is 0 Å². The van der Waals surface area contributed by atoms with E-state index in [1.54, 1.807) is 0 Å². The molecule has 1 aliphatic carbocycles. The molecule has 2 N–H and O–H groups in total. The van der Waals surface area contributed by atoms with E-state index in [2.05, 4.69) is 12.2 Å². The smallest absolute Gasteiger partial charge is 0.0421 e. The van der Waals surface area contributed by atoms with Crippen LogP contribution in [-0.2, 0) is 0 Å².